The van der Waals surface area contributed by atoms with Crippen molar-refractivity contribution in [3.8, 4) is 28.7 Å². The van der Waals surface area contributed by atoms with Gasteiger partial charge in [0.15, 0.2) is 5.78 Å². The van der Waals surface area contributed by atoms with E-state index in [2.05, 4.69) is 0 Å². The molecule has 2 aromatic rings. The van der Waals surface area contributed by atoms with Crippen molar-refractivity contribution in [2.45, 2.75) is 26.2 Å². The number of aromatic hydroxyl groups is 2. The number of benzene rings is 2. The van der Waals surface area contributed by atoms with Crippen molar-refractivity contribution in [1.82, 2.24) is 0 Å². The first-order valence-electron chi connectivity index (χ1n) is 8.97. The zero-order valence-corrected chi connectivity index (χ0v) is 16.4. The maximum absolute atomic E-state index is 13.1. The molecule has 0 saturated heterocycles. The van der Waals surface area contributed by atoms with E-state index in [1.165, 1.54) is 38.5 Å². The third-order valence-corrected chi connectivity index (χ3v) is 4.80. The molecule has 2 aromatic carbocycles. The van der Waals surface area contributed by atoms with Crippen molar-refractivity contribution in [3.63, 3.8) is 0 Å². The molecule has 1 heterocycles. The van der Waals surface area contributed by atoms with Gasteiger partial charge in [-0.2, -0.15) is 0 Å². The summed E-state index contributed by atoms with van der Waals surface area (Å²) in [5.74, 6) is 0.246. The third kappa shape index (κ3) is 3.50. The minimum absolute atomic E-state index is 0.0267. The van der Waals surface area contributed by atoms with Gasteiger partial charge < -0.3 is 24.4 Å². The van der Waals surface area contributed by atoms with Crippen molar-refractivity contribution >= 4 is 5.78 Å². The maximum atomic E-state index is 13.1. The van der Waals surface area contributed by atoms with Gasteiger partial charge in [0.2, 0.25) is 0 Å². The van der Waals surface area contributed by atoms with Gasteiger partial charge in [0.25, 0.3) is 0 Å². The topological polar surface area (TPSA) is 85.2 Å². The number of rotatable bonds is 5. The van der Waals surface area contributed by atoms with Gasteiger partial charge in [-0.1, -0.05) is 11.6 Å². The molecule has 6 heteroatoms. The van der Waals surface area contributed by atoms with Crippen LogP contribution in [0.15, 0.2) is 35.9 Å². The first-order chi connectivity index (χ1) is 13.4. The molecule has 0 saturated carbocycles. The average Bonchev–Trinajstić information content (AvgIpc) is 2.66. The van der Waals surface area contributed by atoms with E-state index in [1.54, 1.807) is 0 Å². The lowest BCUT2D eigenvalue weighted by molar-refractivity contribution is 0.0891. The van der Waals surface area contributed by atoms with Crippen LogP contribution in [0.2, 0.25) is 0 Å². The normalized spacial score (nSPS) is 15.4. The quantitative estimate of drug-likeness (QED) is 0.759. The van der Waals surface area contributed by atoms with Crippen molar-refractivity contribution in [2.24, 2.45) is 0 Å². The van der Waals surface area contributed by atoms with Crippen LogP contribution in [-0.2, 0) is 6.42 Å². The van der Waals surface area contributed by atoms with Gasteiger partial charge in [-0.25, -0.2) is 0 Å². The summed E-state index contributed by atoms with van der Waals surface area (Å²) < 4.78 is 16.8. The first-order valence-corrected chi connectivity index (χ1v) is 8.97. The van der Waals surface area contributed by atoms with Crippen molar-refractivity contribution in [2.75, 3.05) is 20.8 Å². The molecule has 6 nitrogen and oxygen atoms in total. The van der Waals surface area contributed by atoms with Crippen LogP contribution in [0.4, 0.5) is 0 Å². The van der Waals surface area contributed by atoms with E-state index in [-0.39, 0.29) is 23.9 Å². The number of allylic oxidation sites excluding steroid dienone is 2. The van der Waals surface area contributed by atoms with E-state index in [4.69, 9.17) is 14.2 Å². The Morgan fingerprint density at radius 3 is 2.61 bits per heavy atom. The molecule has 0 amide bonds. The zero-order valence-electron chi connectivity index (χ0n) is 16.4. The molecule has 28 heavy (non-hydrogen) atoms. The van der Waals surface area contributed by atoms with Gasteiger partial charge in [0.1, 0.15) is 35.4 Å². The fourth-order valence-corrected chi connectivity index (χ4v) is 3.42. The molecule has 1 aliphatic rings. The highest BCUT2D eigenvalue weighted by Crippen LogP contribution is 2.46. The molecule has 148 valence electrons. The number of carbonyl (C=O) groups excluding carboxylic acids is 1. The standard InChI is InChI=1S/C22H24O6/c1-12(2)5-7-15-18(26-3)10-17(24)20(22(15)27-4)16-11-28-19-9-13(23)6-8-14(19)21(16)25/h5-6,8-10,16,23-24H,7,11H2,1-4H3. The number of fused-ring (bicyclic) bond motifs is 1. The average molecular weight is 384 g/mol. The molecule has 3 rings (SSSR count). The van der Waals surface area contributed by atoms with E-state index in [0.717, 1.165) is 11.1 Å². The van der Waals surface area contributed by atoms with Crippen LogP contribution in [0.3, 0.4) is 0 Å². The molecule has 2 N–H and O–H groups in total. The Morgan fingerprint density at radius 1 is 1.21 bits per heavy atom. The fraction of sp³-hybridized carbons (Fsp3) is 0.318. The summed E-state index contributed by atoms with van der Waals surface area (Å²) in [6.07, 6.45) is 2.56. The van der Waals surface area contributed by atoms with Crippen LogP contribution >= 0.6 is 0 Å². The molecular weight excluding hydrogens is 360 g/mol. The van der Waals surface area contributed by atoms with Gasteiger partial charge in [-0.3, -0.25) is 4.79 Å². The van der Waals surface area contributed by atoms with Gasteiger partial charge in [0, 0.05) is 17.7 Å². The van der Waals surface area contributed by atoms with Gasteiger partial charge >= 0.3 is 0 Å². The number of phenols is 2. The Bertz CT molecular complexity index is 941. The SMILES string of the molecule is COc1cc(O)c(C2COc3cc(O)ccc3C2=O)c(OC)c1CC=C(C)C. The molecule has 1 atom stereocenters. The highest BCUT2D eigenvalue weighted by atomic mass is 16.5. The number of carbonyl (C=O) groups is 1. The second kappa shape index (κ2) is 7.84. The highest BCUT2D eigenvalue weighted by molar-refractivity contribution is 6.05. The second-order valence-electron chi connectivity index (χ2n) is 6.92. The molecule has 0 fully saturated rings. The summed E-state index contributed by atoms with van der Waals surface area (Å²) >= 11 is 0. The van der Waals surface area contributed by atoms with Crippen LogP contribution in [0, 0.1) is 0 Å². The van der Waals surface area contributed by atoms with Gasteiger partial charge in [-0.05, 0) is 32.4 Å². The van der Waals surface area contributed by atoms with E-state index >= 15 is 0 Å². The largest absolute Gasteiger partial charge is 0.508 e. The molecular formula is C22H24O6. The number of hydrogen-bond acceptors (Lipinski definition) is 6. The monoisotopic (exact) mass is 384 g/mol. The lowest BCUT2D eigenvalue weighted by Crippen LogP contribution is -2.26. The van der Waals surface area contributed by atoms with Gasteiger partial charge in [-0.15, -0.1) is 0 Å². The number of phenolic OH excluding ortho intramolecular Hbond substituents is 2. The van der Waals surface area contributed by atoms with Crippen LogP contribution < -0.4 is 14.2 Å². The van der Waals surface area contributed by atoms with Crippen LogP contribution in [0.1, 0.15) is 41.3 Å². The Kier molecular flexibility index (Phi) is 5.49. The lowest BCUT2D eigenvalue weighted by Gasteiger charge is -2.27. The minimum atomic E-state index is -0.733. The predicted octanol–water partition coefficient (Wildman–Crippen LogP) is 3.98. The summed E-state index contributed by atoms with van der Waals surface area (Å²) in [6.45, 7) is 4.02. The second-order valence-corrected chi connectivity index (χ2v) is 6.92. The Labute approximate surface area is 164 Å². The van der Waals surface area contributed by atoms with Crippen LogP contribution in [-0.4, -0.2) is 36.8 Å². The molecule has 0 aliphatic carbocycles. The summed E-state index contributed by atoms with van der Waals surface area (Å²) in [4.78, 5) is 13.1. The molecule has 1 unspecified atom stereocenters. The number of methoxy groups -OCH3 is 2. The molecule has 0 radical (unpaired) electrons. The fourth-order valence-electron chi connectivity index (χ4n) is 3.42. The van der Waals surface area contributed by atoms with E-state index in [9.17, 15) is 15.0 Å². The molecule has 1 aliphatic heterocycles. The van der Waals surface area contributed by atoms with Gasteiger partial charge in [0.05, 0.1) is 31.3 Å². The third-order valence-electron chi connectivity index (χ3n) is 4.80. The predicted molar refractivity (Wildman–Crippen MR) is 105 cm³/mol. The minimum Gasteiger partial charge on any atom is -0.508 e. The maximum Gasteiger partial charge on any atom is 0.177 e. The summed E-state index contributed by atoms with van der Waals surface area (Å²) in [5.41, 5.74) is 2.62. The molecule has 0 spiro atoms. The smallest absolute Gasteiger partial charge is 0.177 e. The summed E-state index contributed by atoms with van der Waals surface area (Å²) in [6, 6.07) is 5.88. The number of ketones is 1. The van der Waals surface area contributed by atoms with E-state index in [0.29, 0.717) is 34.8 Å². The van der Waals surface area contributed by atoms with Crippen molar-refractivity contribution in [3.05, 3.63) is 52.6 Å². The lowest BCUT2D eigenvalue weighted by atomic mass is 9.86. The Balaban J connectivity index is 2.13. The van der Waals surface area contributed by atoms with E-state index in [1.807, 2.05) is 19.9 Å². The van der Waals surface area contributed by atoms with E-state index < -0.39 is 5.92 Å². The summed E-state index contributed by atoms with van der Waals surface area (Å²) in [7, 11) is 3.03. The highest BCUT2D eigenvalue weighted by Gasteiger charge is 2.36. The van der Waals surface area contributed by atoms with Crippen LogP contribution in [0.5, 0.6) is 28.7 Å². The molecule has 0 bridgehead atoms. The number of Topliss-reactive ketones (excluding diaryl/α,β-unsaturated/α-hetero) is 1. The molecule has 0 aromatic heterocycles. The number of ether oxygens (including phenoxy) is 3. The van der Waals surface area contributed by atoms with Crippen molar-refractivity contribution in [1.29, 1.82) is 0 Å². The van der Waals surface area contributed by atoms with Crippen LogP contribution in [0.25, 0.3) is 0 Å². The zero-order chi connectivity index (χ0) is 20.4. The first kappa shape index (κ1) is 19.6. The number of hydrogen-bond donors (Lipinski definition) is 2. The Morgan fingerprint density at radius 2 is 1.96 bits per heavy atom. The summed E-state index contributed by atoms with van der Waals surface area (Å²) in [5, 5.41) is 20.3. The Hall–Kier alpha value is -3.15. The van der Waals surface area contributed by atoms with Crippen molar-refractivity contribution < 1.29 is 29.2 Å².